The van der Waals surface area contributed by atoms with Gasteiger partial charge in [0.1, 0.15) is 0 Å². The zero-order valence-corrected chi connectivity index (χ0v) is 17.8. The van der Waals surface area contributed by atoms with Gasteiger partial charge in [-0.15, -0.1) is 10.2 Å². The van der Waals surface area contributed by atoms with E-state index in [-0.39, 0.29) is 5.91 Å². The van der Waals surface area contributed by atoms with Crippen LogP contribution in [0.25, 0.3) is 10.9 Å². The Morgan fingerprint density at radius 3 is 2.47 bits per heavy atom. The van der Waals surface area contributed by atoms with E-state index in [1.807, 2.05) is 19.0 Å². The number of piperazine rings is 1. The van der Waals surface area contributed by atoms with Crippen LogP contribution in [0.5, 0.6) is 0 Å². The first kappa shape index (κ1) is 21.6. The second-order valence-electron chi connectivity index (χ2n) is 7.75. The first-order valence-corrected chi connectivity index (χ1v) is 10.2. The molecule has 3 heterocycles. The Hall–Kier alpha value is -3.63. The zero-order chi connectivity index (χ0) is 22.8. The molecule has 11 heteroatoms. The lowest BCUT2D eigenvalue weighted by atomic mass is 10.2. The molecule has 0 N–H and O–H groups in total. The Kier molecular flexibility index (Phi) is 5.97. The summed E-state index contributed by atoms with van der Waals surface area (Å²) in [7, 11) is 3.71. The van der Waals surface area contributed by atoms with Crippen LogP contribution in [0.15, 0.2) is 41.5 Å². The minimum absolute atomic E-state index is 0.165. The molecular formula is C21H23F2N7O2. The summed E-state index contributed by atoms with van der Waals surface area (Å²) in [6.07, 6.45) is -1.47. The number of carbonyl (C=O) groups is 1. The van der Waals surface area contributed by atoms with E-state index < -0.39 is 18.5 Å². The largest absolute Gasteiger partial charge is 0.368 e. The lowest BCUT2D eigenvalue weighted by Gasteiger charge is -2.36. The van der Waals surface area contributed by atoms with Crippen LogP contribution in [0, 0.1) is 0 Å². The first-order valence-electron chi connectivity index (χ1n) is 10.2. The summed E-state index contributed by atoms with van der Waals surface area (Å²) in [5.41, 5.74) is 1.13. The van der Waals surface area contributed by atoms with Crippen molar-refractivity contribution in [2.45, 2.75) is 13.0 Å². The van der Waals surface area contributed by atoms with Crippen LogP contribution in [0.2, 0.25) is 0 Å². The minimum Gasteiger partial charge on any atom is -0.368 e. The number of halogens is 2. The third kappa shape index (κ3) is 4.36. The molecule has 0 saturated carbocycles. The van der Waals surface area contributed by atoms with Crippen LogP contribution in [-0.4, -0.2) is 77.3 Å². The second kappa shape index (κ2) is 8.85. The van der Waals surface area contributed by atoms with Gasteiger partial charge in [-0.1, -0.05) is 0 Å². The molecule has 1 aliphatic rings. The van der Waals surface area contributed by atoms with Crippen LogP contribution in [0.1, 0.15) is 10.5 Å². The second-order valence-corrected chi connectivity index (χ2v) is 7.75. The molecule has 0 bridgehead atoms. The van der Waals surface area contributed by atoms with Crippen molar-refractivity contribution in [3.63, 3.8) is 0 Å². The number of hydrogen-bond acceptors (Lipinski definition) is 7. The Morgan fingerprint density at radius 1 is 1.09 bits per heavy atom. The number of aromatic nitrogens is 4. The molecule has 168 valence electrons. The average Bonchev–Trinajstić information content (AvgIpc) is 2.80. The summed E-state index contributed by atoms with van der Waals surface area (Å²) < 4.78 is 26.2. The normalized spacial score (nSPS) is 14.3. The van der Waals surface area contributed by atoms with Gasteiger partial charge in [-0.05, 0) is 30.3 Å². The Bertz CT molecular complexity index is 1170. The van der Waals surface area contributed by atoms with Crippen LogP contribution in [0.4, 0.5) is 20.3 Å². The molecule has 1 aliphatic heterocycles. The number of hydrogen-bond donors (Lipinski definition) is 0. The molecule has 4 rings (SSSR count). The van der Waals surface area contributed by atoms with Gasteiger partial charge in [0.2, 0.25) is 0 Å². The van der Waals surface area contributed by atoms with Crippen molar-refractivity contribution in [3.8, 4) is 0 Å². The maximum Gasteiger partial charge on any atom is 0.274 e. The van der Waals surface area contributed by atoms with Crippen LogP contribution in [-0.2, 0) is 6.54 Å². The highest BCUT2D eigenvalue weighted by molar-refractivity contribution is 5.92. The van der Waals surface area contributed by atoms with Gasteiger partial charge in [-0.25, -0.2) is 13.8 Å². The summed E-state index contributed by atoms with van der Waals surface area (Å²) in [5, 5.41) is 8.39. The van der Waals surface area contributed by atoms with E-state index in [4.69, 9.17) is 0 Å². The van der Waals surface area contributed by atoms with Crippen molar-refractivity contribution in [1.82, 2.24) is 24.6 Å². The number of rotatable bonds is 5. The van der Waals surface area contributed by atoms with Gasteiger partial charge in [0.25, 0.3) is 17.9 Å². The molecule has 32 heavy (non-hydrogen) atoms. The molecule has 9 nitrogen and oxygen atoms in total. The van der Waals surface area contributed by atoms with Gasteiger partial charge in [-0.3, -0.25) is 14.2 Å². The highest BCUT2D eigenvalue weighted by atomic mass is 19.3. The van der Waals surface area contributed by atoms with Crippen molar-refractivity contribution in [2.24, 2.45) is 0 Å². The molecule has 1 amide bonds. The fourth-order valence-electron chi connectivity index (χ4n) is 3.63. The van der Waals surface area contributed by atoms with E-state index >= 15 is 0 Å². The van der Waals surface area contributed by atoms with Gasteiger partial charge in [0, 0.05) is 46.0 Å². The maximum atomic E-state index is 12.7. The number of nitrogens with zero attached hydrogens (tertiary/aromatic N) is 7. The molecule has 0 aliphatic carbocycles. The zero-order valence-electron chi connectivity index (χ0n) is 17.8. The maximum absolute atomic E-state index is 12.7. The Balaban J connectivity index is 1.44. The Morgan fingerprint density at radius 2 is 1.84 bits per heavy atom. The van der Waals surface area contributed by atoms with E-state index in [9.17, 15) is 18.4 Å². The van der Waals surface area contributed by atoms with E-state index in [1.165, 1.54) is 0 Å². The third-order valence-electron chi connectivity index (χ3n) is 5.40. The first-order chi connectivity index (χ1) is 15.3. The van der Waals surface area contributed by atoms with Gasteiger partial charge >= 0.3 is 0 Å². The molecule has 0 atom stereocenters. The highest BCUT2D eigenvalue weighted by Gasteiger charge is 2.24. The smallest absolute Gasteiger partial charge is 0.274 e. The monoisotopic (exact) mass is 443 g/mol. The molecule has 1 fully saturated rings. The molecule has 0 spiro atoms. The summed E-state index contributed by atoms with van der Waals surface area (Å²) in [6.45, 7) is 1.54. The fraction of sp³-hybridized carbons (Fsp3) is 0.381. The summed E-state index contributed by atoms with van der Waals surface area (Å²) in [4.78, 5) is 34.9. The summed E-state index contributed by atoms with van der Waals surface area (Å²) in [5.74, 6) is 0.513. The van der Waals surface area contributed by atoms with Crippen LogP contribution in [0.3, 0.4) is 0 Å². The predicted octanol–water partition coefficient (Wildman–Crippen LogP) is 1.48. The number of anilines is 2. The molecule has 0 unspecified atom stereocenters. The van der Waals surface area contributed by atoms with Crippen molar-refractivity contribution in [2.75, 3.05) is 50.1 Å². The topological polar surface area (TPSA) is 87.5 Å². The third-order valence-corrected chi connectivity index (χ3v) is 5.40. The van der Waals surface area contributed by atoms with E-state index in [2.05, 4.69) is 20.1 Å². The lowest BCUT2D eigenvalue weighted by Crippen LogP contribution is -2.49. The number of fused-ring (bicyclic) bond motifs is 1. The standard InChI is InChI=1S/C21H23F2N7O2/c1-27(2)19-6-5-16(25-26-19)21(32)29-9-7-28(8-10-29)14-3-4-15-17(11-14)24-13-30(20(15)31)12-18(22)23/h3-6,11,13,18H,7-10,12H2,1-2H3. The van der Waals surface area contributed by atoms with Gasteiger partial charge < -0.3 is 14.7 Å². The number of amides is 1. The van der Waals surface area contributed by atoms with Crippen LogP contribution >= 0.6 is 0 Å². The van der Waals surface area contributed by atoms with Gasteiger partial charge in [-0.2, -0.15) is 0 Å². The number of alkyl halides is 2. The minimum atomic E-state index is -2.62. The van der Waals surface area contributed by atoms with E-state index in [0.29, 0.717) is 48.6 Å². The van der Waals surface area contributed by atoms with Crippen molar-refractivity contribution >= 4 is 28.3 Å². The number of carbonyl (C=O) groups excluding carboxylic acids is 1. The number of benzene rings is 1. The molecule has 0 radical (unpaired) electrons. The van der Waals surface area contributed by atoms with Crippen LogP contribution < -0.4 is 15.4 Å². The predicted molar refractivity (Wildman–Crippen MR) is 116 cm³/mol. The fourth-order valence-corrected chi connectivity index (χ4v) is 3.63. The van der Waals surface area contributed by atoms with E-state index in [0.717, 1.165) is 16.6 Å². The molecule has 1 aromatic carbocycles. The van der Waals surface area contributed by atoms with E-state index in [1.54, 1.807) is 35.2 Å². The molecular weight excluding hydrogens is 420 g/mol. The molecule has 1 saturated heterocycles. The summed E-state index contributed by atoms with van der Waals surface area (Å²) in [6, 6.07) is 8.59. The van der Waals surface area contributed by atoms with Gasteiger partial charge in [0.05, 0.1) is 23.8 Å². The van der Waals surface area contributed by atoms with Crippen molar-refractivity contribution < 1.29 is 13.6 Å². The average molecular weight is 443 g/mol. The van der Waals surface area contributed by atoms with Crippen molar-refractivity contribution in [3.05, 3.63) is 52.7 Å². The quantitative estimate of drug-likeness (QED) is 0.590. The summed E-state index contributed by atoms with van der Waals surface area (Å²) >= 11 is 0. The van der Waals surface area contributed by atoms with Gasteiger partial charge in [0.15, 0.2) is 11.5 Å². The lowest BCUT2D eigenvalue weighted by molar-refractivity contribution is 0.0739. The highest BCUT2D eigenvalue weighted by Crippen LogP contribution is 2.21. The van der Waals surface area contributed by atoms with Crippen molar-refractivity contribution in [1.29, 1.82) is 0 Å². The SMILES string of the molecule is CN(C)c1ccc(C(=O)N2CCN(c3ccc4c(=O)n(CC(F)F)cnc4c3)CC2)nn1. The molecule has 3 aromatic rings. The molecule has 2 aromatic heterocycles. The Labute approximate surface area is 182 Å².